The summed E-state index contributed by atoms with van der Waals surface area (Å²) in [4.78, 5) is 25.6. The summed E-state index contributed by atoms with van der Waals surface area (Å²) in [6.07, 6.45) is 1.94. The van der Waals surface area contributed by atoms with Crippen molar-refractivity contribution in [1.82, 2.24) is 0 Å². The maximum Gasteiger partial charge on any atom is 0.412 e. The molecule has 6 heteroatoms. The monoisotopic (exact) mass is 433 g/mol. The van der Waals surface area contributed by atoms with E-state index in [9.17, 15) is 14.7 Å². The number of ether oxygens (including phenoxy) is 1. The highest BCUT2D eigenvalue weighted by atomic mass is 32.1. The van der Waals surface area contributed by atoms with Crippen LogP contribution in [-0.2, 0) is 17.6 Å². The molecule has 0 radical (unpaired) electrons. The molecule has 0 saturated carbocycles. The van der Waals surface area contributed by atoms with Gasteiger partial charge in [0.05, 0.1) is 5.56 Å². The van der Waals surface area contributed by atoms with Crippen LogP contribution < -0.4 is 5.32 Å². The summed E-state index contributed by atoms with van der Waals surface area (Å²) in [7, 11) is 0. The summed E-state index contributed by atoms with van der Waals surface area (Å²) < 4.78 is 5.60. The largest absolute Gasteiger partial charge is 0.478 e. The third kappa shape index (κ3) is 3.51. The molecule has 2 aromatic carbocycles. The molecule has 0 spiro atoms. The van der Waals surface area contributed by atoms with Crippen LogP contribution in [-0.4, -0.2) is 23.8 Å². The minimum absolute atomic E-state index is 0.0329. The van der Waals surface area contributed by atoms with Crippen LogP contribution in [0.3, 0.4) is 0 Å². The molecule has 0 bridgehead atoms. The van der Waals surface area contributed by atoms with E-state index in [4.69, 9.17) is 4.74 Å². The van der Waals surface area contributed by atoms with E-state index in [1.165, 1.54) is 22.5 Å². The average molecular weight is 434 g/mol. The van der Waals surface area contributed by atoms with Crippen molar-refractivity contribution in [3.8, 4) is 11.1 Å². The fourth-order valence-corrected chi connectivity index (χ4v) is 6.18. The minimum atomic E-state index is -0.999. The van der Waals surface area contributed by atoms with Gasteiger partial charge in [-0.25, -0.2) is 9.59 Å². The summed E-state index contributed by atoms with van der Waals surface area (Å²) >= 11 is 1.36. The third-order valence-electron chi connectivity index (χ3n) is 6.28. The number of hydrogen-bond donors (Lipinski definition) is 2. The summed E-state index contributed by atoms with van der Waals surface area (Å²) in [5.41, 5.74) is 5.71. The van der Waals surface area contributed by atoms with E-state index in [1.54, 1.807) is 0 Å². The Morgan fingerprint density at radius 2 is 1.74 bits per heavy atom. The van der Waals surface area contributed by atoms with Gasteiger partial charge in [-0.2, -0.15) is 0 Å². The first-order chi connectivity index (χ1) is 15.0. The number of thiophene rings is 1. The number of benzene rings is 2. The van der Waals surface area contributed by atoms with Crippen molar-refractivity contribution in [2.75, 3.05) is 11.9 Å². The number of nitrogens with one attached hydrogen (secondary N) is 1. The number of carbonyl (C=O) groups is 2. The number of carbonyl (C=O) groups excluding carboxylic acids is 1. The van der Waals surface area contributed by atoms with Gasteiger partial charge in [-0.3, -0.25) is 5.32 Å². The first-order valence-corrected chi connectivity index (χ1v) is 11.3. The number of carboxylic acids is 1. The van der Waals surface area contributed by atoms with E-state index in [1.807, 2.05) is 24.3 Å². The van der Waals surface area contributed by atoms with Gasteiger partial charge < -0.3 is 9.84 Å². The number of amides is 1. The zero-order valence-corrected chi connectivity index (χ0v) is 18.0. The zero-order chi connectivity index (χ0) is 21.5. The van der Waals surface area contributed by atoms with Gasteiger partial charge in [-0.05, 0) is 53.0 Å². The van der Waals surface area contributed by atoms with Crippen molar-refractivity contribution >= 4 is 28.4 Å². The Morgan fingerprint density at radius 3 is 2.39 bits per heavy atom. The van der Waals surface area contributed by atoms with Gasteiger partial charge in [-0.15, -0.1) is 11.3 Å². The molecule has 2 aliphatic carbocycles. The SMILES string of the molecule is CC1CCc2c(sc(NC(=O)OCC3c4ccccc4-c4ccccc43)c2C(=O)O)C1. The van der Waals surface area contributed by atoms with Crippen molar-refractivity contribution in [2.24, 2.45) is 5.92 Å². The van der Waals surface area contributed by atoms with Gasteiger partial charge >= 0.3 is 12.1 Å². The van der Waals surface area contributed by atoms with Crippen molar-refractivity contribution in [1.29, 1.82) is 0 Å². The normalized spacial score (nSPS) is 16.9. The van der Waals surface area contributed by atoms with Crippen LogP contribution in [0.4, 0.5) is 9.80 Å². The van der Waals surface area contributed by atoms with Crippen molar-refractivity contribution in [3.05, 3.63) is 75.7 Å². The number of carboxylic acid groups (broad SMARTS) is 1. The lowest BCUT2D eigenvalue weighted by molar-refractivity contribution is 0.0697. The second-order valence-corrected chi connectivity index (χ2v) is 9.42. The molecule has 1 heterocycles. The average Bonchev–Trinajstić information content (AvgIpc) is 3.27. The van der Waals surface area contributed by atoms with Crippen LogP contribution >= 0.6 is 11.3 Å². The molecule has 2 N–H and O–H groups in total. The molecule has 0 aliphatic heterocycles. The van der Waals surface area contributed by atoms with Gasteiger partial charge in [0.25, 0.3) is 0 Å². The van der Waals surface area contributed by atoms with Gasteiger partial charge in [0, 0.05) is 10.8 Å². The molecule has 0 saturated heterocycles. The minimum Gasteiger partial charge on any atom is -0.478 e. The van der Waals surface area contributed by atoms with E-state index >= 15 is 0 Å². The third-order valence-corrected chi connectivity index (χ3v) is 7.45. The second kappa shape index (κ2) is 7.85. The van der Waals surface area contributed by atoms with E-state index in [0.29, 0.717) is 10.9 Å². The van der Waals surface area contributed by atoms with Crippen LogP contribution in [0.15, 0.2) is 48.5 Å². The van der Waals surface area contributed by atoms with Crippen molar-refractivity contribution < 1.29 is 19.4 Å². The molecule has 1 unspecified atom stereocenters. The lowest BCUT2D eigenvalue weighted by Gasteiger charge is -2.17. The molecule has 1 atom stereocenters. The van der Waals surface area contributed by atoms with Crippen molar-refractivity contribution in [2.45, 2.75) is 32.1 Å². The van der Waals surface area contributed by atoms with Gasteiger partial charge in [0.1, 0.15) is 11.6 Å². The lowest BCUT2D eigenvalue weighted by atomic mass is 9.88. The Hall–Kier alpha value is -3.12. The van der Waals surface area contributed by atoms with Crippen LogP contribution in [0, 0.1) is 5.92 Å². The zero-order valence-electron chi connectivity index (χ0n) is 17.2. The van der Waals surface area contributed by atoms with Crippen LogP contribution in [0.2, 0.25) is 0 Å². The highest BCUT2D eigenvalue weighted by Gasteiger charge is 2.31. The highest BCUT2D eigenvalue weighted by Crippen LogP contribution is 2.44. The first kappa shape index (κ1) is 19.8. The Labute approximate surface area is 184 Å². The van der Waals surface area contributed by atoms with E-state index in [2.05, 4.69) is 36.5 Å². The Morgan fingerprint density at radius 1 is 1.10 bits per heavy atom. The standard InChI is InChI=1S/C25H23NO4S/c1-14-10-11-19-21(12-14)31-23(22(19)24(27)28)26-25(29)30-13-20-17-8-4-2-6-15(17)16-7-3-5-9-18(16)20/h2-9,14,20H,10-13H2,1H3,(H,26,29)(H,27,28). The van der Waals surface area contributed by atoms with E-state index in [-0.39, 0.29) is 18.1 Å². The van der Waals surface area contributed by atoms with Crippen molar-refractivity contribution in [3.63, 3.8) is 0 Å². The molecule has 5 rings (SSSR count). The molecule has 2 aliphatic rings. The fourth-order valence-electron chi connectivity index (χ4n) is 4.79. The predicted molar refractivity (Wildman–Crippen MR) is 121 cm³/mol. The maximum absolute atomic E-state index is 12.6. The molecular formula is C25H23NO4S. The first-order valence-electron chi connectivity index (χ1n) is 10.5. The van der Waals surface area contributed by atoms with Gasteiger partial charge in [0.2, 0.25) is 0 Å². The Kier molecular flexibility index (Phi) is 5.02. The van der Waals surface area contributed by atoms with E-state index < -0.39 is 12.1 Å². The maximum atomic E-state index is 12.6. The highest BCUT2D eigenvalue weighted by molar-refractivity contribution is 7.17. The molecule has 5 nitrogen and oxygen atoms in total. The smallest absolute Gasteiger partial charge is 0.412 e. The molecule has 0 fully saturated rings. The number of fused-ring (bicyclic) bond motifs is 4. The summed E-state index contributed by atoms with van der Waals surface area (Å²) in [6.45, 7) is 2.37. The molecule has 31 heavy (non-hydrogen) atoms. The van der Waals surface area contributed by atoms with Gasteiger partial charge in [0.15, 0.2) is 0 Å². The van der Waals surface area contributed by atoms with Gasteiger partial charge in [-0.1, -0.05) is 55.5 Å². The quantitative estimate of drug-likeness (QED) is 0.534. The molecular weight excluding hydrogens is 410 g/mol. The van der Waals surface area contributed by atoms with Crippen LogP contribution in [0.5, 0.6) is 0 Å². The molecule has 3 aromatic rings. The summed E-state index contributed by atoms with van der Waals surface area (Å²) in [6, 6.07) is 16.3. The summed E-state index contributed by atoms with van der Waals surface area (Å²) in [5.74, 6) is -0.509. The number of aromatic carboxylic acids is 1. The Bertz CT molecular complexity index is 1140. The molecule has 1 aromatic heterocycles. The molecule has 1 amide bonds. The van der Waals surface area contributed by atoms with E-state index in [0.717, 1.165) is 40.8 Å². The number of anilines is 1. The van der Waals surface area contributed by atoms with Crippen LogP contribution in [0.1, 0.15) is 51.2 Å². The molecule has 158 valence electrons. The predicted octanol–water partition coefficient (Wildman–Crippen LogP) is 5.93. The lowest BCUT2D eigenvalue weighted by Crippen LogP contribution is -2.19. The topological polar surface area (TPSA) is 75.6 Å². The summed E-state index contributed by atoms with van der Waals surface area (Å²) in [5, 5.41) is 12.8. The number of hydrogen-bond acceptors (Lipinski definition) is 4. The number of rotatable bonds is 4. The second-order valence-electron chi connectivity index (χ2n) is 8.31. The Balaban J connectivity index is 1.34. The fraction of sp³-hybridized carbons (Fsp3) is 0.280. The van der Waals surface area contributed by atoms with Crippen LogP contribution in [0.25, 0.3) is 11.1 Å².